The maximum absolute atomic E-state index is 11.7. The normalized spacial score (nSPS) is 12.4. The number of hydrogen-bond acceptors (Lipinski definition) is 7. The summed E-state index contributed by atoms with van der Waals surface area (Å²) in [5.74, 6) is -1.13. The maximum Gasteiger partial charge on any atom is 0.346 e. The van der Waals surface area contributed by atoms with E-state index >= 15 is 0 Å². The third kappa shape index (κ3) is 1.79. The summed E-state index contributed by atoms with van der Waals surface area (Å²) in [6, 6.07) is 0. The fourth-order valence-electron chi connectivity index (χ4n) is 2.08. The van der Waals surface area contributed by atoms with E-state index in [9.17, 15) is 19.7 Å². The summed E-state index contributed by atoms with van der Waals surface area (Å²) >= 11 is 0. The van der Waals surface area contributed by atoms with Gasteiger partial charge in [0.1, 0.15) is 6.61 Å². The molecule has 0 saturated carbocycles. The molecule has 0 atom stereocenters. The van der Waals surface area contributed by atoms with Crippen molar-refractivity contribution >= 4 is 23.8 Å². The molecule has 0 unspecified atom stereocenters. The van der Waals surface area contributed by atoms with E-state index in [-0.39, 0.29) is 34.9 Å². The van der Waals surface area contributed by atoms with Crippen LogP contribution in [-0.4, -0.2) is 31.5 Å². The minimum absolute atomic E-state index is 0.0386. The number of ether oxygens (including phenoxy) is 3. The summed E-state index contributed by atoms with van der Waals surface area (Å²) in [7, 11) is 2.46. The number of anilines is 1. The molecule has 2 rings (SSSR count). The van der Waals surface area contributed by atoms with Crippen LogP contribution in [0.25, 0.3) is 0 Å². The van der Waals surface area contributed by atoms with Crippen LogP contribution in [0.15, 0.2) is 0 Å². The lowest BCUT2D eigenvalue weighted by Crippen LogP contribution is -2.09. The monoisotopic (exact) mass is 282 g/mol. The van der Waals surface area contributed by atoms with Crippen LogP contribution in [-0.2, 0) is 16.1 Å². The zero-order valence-corrected chi connectivity index (χ0v) is 10.6. The molecule has 0 aliphatic carbocycles. The van der Waals surface area contributed by atoms with Gasteiger partial charge in [-0.3, -0.25) is 14.9 Å². The highest BCUT2D eigenvalue weighted by Gasteiger charge is 2.40. The second-order valence-corrected chi connectivity index (χ2v) is 3.74. The standard InChI is InChI=1S/C11H10N2O7/c1-18-9-7(12-4-14)5-3-20-11(15)6(5)8(13(16)17)10(9)19-2/h4H,3H2,1-2H3,(H,12,14). The number of carbonyl (C=O) groups is 2. The molecule has 0 radical (unpaired) electrons. The van der Waals surface area contributed by atoms with E-state index in [1.807, 2.05) is 0 Å². The predicted octanol–water partition coefficient (Wildman–Crippen LogP) is 0.851. The topological polar surface area (TPSA) is 117 Å². The Hall–Kier alpha value is -2.84. The number of nitro groups is 1. The van der Waals surface area contributed by atoms with Gasteiger partial charge in [-0.25, -0.2) is 4.79 Å². The first-order valence-corrected chi connectivity index (χ1v) is 5.39. The fraction of sp³-hybridized carbons (Fsp3) is 0.273. The van der Waals surface area contributed by atoms with Crippen LogP contribution in [0, 0.1) is 10.1 Å². The summed E-state index contributed by atoms with van der Waals surface area (Å²) in [5, 5.41) is 13.5. The lowest BCUT2D eigenvalue weighted by atomic mass is 10.0. The first-order chi connectivity index (χ1) is 9.56. The number of amides is 1. The number of nitrogens with one attached hydrogen (secondary N) is 1. The molecular formula is C11H10N2O7. The first kappa shape index (κ1) is 13.6. The third-order valence-electron chi connectivity index (χ3n) is 2.83. The third-order valence-corrected chi connectivity index (χ3v) is 2.83. The molecular weight excluding hydrogens is 272 g/mol. The Balaban J connectivity index is 2.90. The van der Waals surface area contributed by atoms with Crippen molar-refractivity contribution in [2.24, 2.45) is 0 Å². The van der Waals surface area contributed by atoms with E-state index in [0.717, 1.165) is 0 Å². The van der Waals surface area contributed by atoms with Gasteiger partial charge in [-0.2, -0.15) is 0 Å². The van der Waals surface area contributed by atoms with Crippen molar-refractivity contribution in [2.45, 2.75) is 6.61 Å². The number of methoxy groups -OCH3 is 2. The minimum atomic E-state index is -0.846. The Morgan fingerprint density at radius 2 is 2.00 bits per heavy atom. The Morgan fingerprint density at radius 3 is 2.50 bits per heavy atom. The van der Waals surface area contributed by atoms with E-state index < -0.39 is 16.6 Å². The van der Waals surface area contributed by atoms with Crippen LogP contribution < -0.4 is 14.8 Å². The van der Waals surface area contributed by atoms with Gasteiger partial charge in [0.15, 0.2) is 11.3 Å². The molecule has 1 aliphatic rings. The van der Waals surface area contributed by atoms with E-state index in [4.69, 9.17) is 14.2 Å². The van der Waals surface area contributed by atoms with Crippen LogP contribution >= 0.6 is 0 Å². The van der Waals surface area contributed by atoms with Crippen LogP contribution in [0.2, 0.25) is 0 Å². The van der Waals surface area contributed by atoms with Crippen molar-refractivity contribution in [3.05, 3.63) is 21.2 Å². The molecule has 0 bridgehead atoms. The Labute approximate surface area is 112 Å². The van der Waals surface area contributed by atoms with Crippen molar-refractivity contribution in [3.8, 4) is 11.5 Å². The second-order valence-electron chi connectivity index (χ2n) is 3.74. The fourth-order valence-corrected chi connectivity index (χ4v) is 2.08. The van der Waals surface area contributed by atoms with E-state index in [0.29, 0.717) is 6.41 Å². The minimum Gasteiger partial charge on any atom is -0.491 e. The summed E-state index contributed by atoms with van der Waals surface area (Å²) in [5.41, 5.74) is -0.479. The molecule has 1 heterocycles. The number of cyclic esters (lactones) is 1. The van der Waals surface area contributed by atoms with Crippen LogP contribution in [0.3, 0.4) is 0 Å². The largest absolute Gasteiger partial charge is 0.491 e. The van der Waals surface area contributed by atoms with Gasteiger partial charge in [-0.15, -0.1) is 0 Å². The molecule has 0 saturated heterocycles. The number of fused-ring (bicyclic) bond motifs is 1. The molecule has 9 heteroatoms. The quantitative estimate of drug-likeness (QED) is 0.368. The van der Waals surface area contributed by atoms with Gasteiger partial charge in [0.2, 0.25) is 12.2 Å². The van der Waals surface area contributed by atoms with E-state index in [1.54, 1.807) is 0 Å². The van der Waals surface area contributed by atoms with Crippen LogP contribution in [0.1, 0.15) is 15.9 Å². The lowest BCUT2D eigenvalue weighted by molar-refractivity contribution is -0.386. The van der Waals surface area contributed by atoms with Gasteiger partial charge < -0.3 is 19.5 Å². The number of benzene rings is 1. The highest BCUT2D eigenvalue weighted by atomic mass is 16.6. The average Bonchev–Trinajstić information content (AvgIpc) is 2.80. The zero-order valence-electron chi connectivity index (χ0n) is 10.6. The smallest absolute Gasteiger partial charge is 0.346 e. The Kier molecular flexibility index (Phi) is 3.42. The number of carbonyl (C=O) groups excluding carboxylic acids is 2. The number of hydrogen-bond donors (Lipinski definition) is 1. The van der Waals surface area contributed by atoms with Gasteiger partial charge in [0.25, 0.3) is 0 Å². The molecule has 20 heavy (non-hydrogen) atoms. The van der Waals surface area contributed by atoms with Gasteiger partial charge >= 0.3 is 11.7 Å². The number of nitrogens with zero attached hydrogens (tertiary/aromatic N) is 1. The molecule has 0 aromatic heterocycles. The molecule has 1 aromatic carbocycles. The number of esters is 1. The molecule has 1 amide bonds. The summed E-state index contributed by atoms with van der Waals surface area (Å²) in [6.07, 6.45) is 0.367. The van der Waals surface area contributed by atoms with Crippen molar-refractivity contribution in [1.82, 2.24) is 0 Å². The number of nitro benzene ring substituents is 1. The summed E-state index contributed by atoms with van der Waals surface area (Å²) in [4.78, 5) is 32.8. The Morgan fingerprint density at radius 1 is 1.35 bits per heavy atom. The molecule has 1 aromatic rings. The molecule has 106 valence electrons. The van der Waals surface area contributed by atoms with Crippen molar-refractivity contribution < 1.29 is 28.7 Å². The molecule has 0 spiro atoms. The average molecular weight is 282 g/mol. The molecule has 0 fully saturated rings. The first-order valence-electron chi connectivity index (χ1n) is 5.39. The van der Waals surface area contributed by atoms with Crippen LogP contribution in [0.5, 0.6) is 11.5 Å². The highest BCUT2D eigenvalue weighted by molar-refractivity contribution is 6.03. The lowest BCUT2D eigenvalue weighted by Gasteiger charge is -2.15. The second kappa shape index (κ2) is 5.03. The van der Waals surface area contributed by atoms with Gasteiger partial charge in [-0.1, -0.05) is 0 Å². The van der Waals surface area contributed by atoms with Crippen LogP contribution in [0.4, 0.5) is 11.4 Å². The highest BCUT2D eigenvalue weighted by Crippen LogP contribution is 2.49. The predicted molar refractivity (Wildman–Crippen MR) is 65.0 cm³/mol. The van der Waals surface area contributed by atoms with E-state index in [1.165, 1.54) is 14.2 Å². The Bertz CT molecular complexity index is 612. The van der Waals surface area contributed by atoms with Gasteiger partial charge in [0, 0.05) is 5.56 Å². The number of rotatable bonds is 5. The van der Waals surface area contributed by atoms with Gasteiger partial charge in [-0.05, 0) is 0 Å². The molecule has 1 aliphatic heterocycles. The SMILES string of the molecule is COc1c(NC=O)c2c(c([N+](=O)[O-])c1OC)C(=O)OC2. The maximum atomic E-state index is 11.7. The zero-order chi connectivity index (χ0) is 14.9. The van der Waals surface area contributed by atoms with Crippen molar-refractivity contribution in [3.63, 3.8) is 0 Å². The molecule has 1 N–H and O–H groups in total. The summed E-state index contributed by atoms with van der Waals surface area (Å²) < 4.78 is 14.8. The van der Waals surface area contributed by atoms with Crippen molar-refractivity contribution in [2.75, 3.05) is 19.5 Å². The van der Waals surface area contributed by atoms with E-state index in [2.05, 4.69) is 5.32 Å². The summed E-state index contributed by atoms with van der Waals surface area (Å²) in [6.45, 7) is -0.189. The van der Waals surface area contributed by atoms with Gasteiger partial charge in [0.05, 0.1) is 24.8 Å². The molecule has 9 nitrogen and oxygen atoms in total. The van der Waals surface area contributed by atoms with Crippen molar-refractivity contribution in [1.29, 1.82) is 0 Å².